The van der Waals surface area contributed by atoms with Crippen LogP contribution in [-0.2, 0) is 6.42 Å². The quantitative estimate of drug-likeness (QED) is 0.852. The smallest absolute Gasteiger partial charge is 0.0476 e. The van der Waals surface area contributed by atoms with E-state index in [0.29, 0.717) is 11.5 Å². The first-order valence-corrected chi connectivity index (χ1v) is 8.08. The van der Waals surface area contributed by atoms with Crippen LogP contribution in [0.15, 0.2) is 24.3 Å². The summed E-state index contributed by atoms with van der Waals surface area (Å²) in [4.78, 5) is 3.68. The van der Waals surface area contributed by atoms with Gasteiger partial charge in [0.1, 0.15) is 0 Å². The summed E-state index contributed by atoms with van der Waals surface area (Å²) in [7, 11) is 0. The lowest BCUT2D eigenvalue weighted by Gasteiger charge is -2.40. The Hall–Kier alpha value is -1.28. The number of aromatic nitrogens is 1. The lowest BCUT2D eigenvalue weighted by atomic mass is 9.70. The van der Waals surface area contributed by atoms with Crippen LogP contribution in [0.2, 0.25) is 0 Å². The predicted molar refractivity (Wildman–Crippen MR) is 83.9 cm³/mol. The molecule has 20 heavy (non-hydrogen) atoms. The van der Waals surface area contributed by atoms with Crippen LogP contribution in [0.4, 0.5) is 0 Å². The molecule has 106 valence electrons. The normalized spacial score (nSPS) is 24.4. The molecule has 1 aromatic heterocycles. The summed E-state index contributed by atoms with van der Waals surface area (Å²) < 4.78 is 0. The first-order valence-electron chi connectivity index (χ1n) is 8.08. The van der Waals surface area contributed by atoms with E-state index in [4.69, 9.17) is 0 Å². The predicted octanol–water partition coefficient (Wildman–Crippen LogP) is 4.33. The van der Waals surface area contributed by atoms with E-state index < -0.39 is 0 Å². The monoisotopic (exact) mass is 268 g/mol. The molecule has 0 aliphatic heterocycles. The van der Waals surface area contributed by atoms with Gasteiger partial charge in [0.25, 0.3) is 0 Å². The van der Waals surface area contributed by atoms with Crippen LogP contribution in [0.1, 0.15) is 56.3 Å². The lowest BCUT2D eigenvalue weighted by molar-refractivity contribution is 0.148. The van der Waals surface area contributed by atoms with Crippen molar-refractivity contribution in [2.75, 3.05) is 6.54 Å². The van der Waals surface area contributed by atoms with E-state index in [-0.39, 0.29) is 0 Å². The zero-order valence-corrected chi connectivity index (χ0v) is 12.3. The van der Waals surface area contributed by atoms with Crippen LogP contribution in [0.5, 0.6) is 0 Å². The molecule has 0 spiro atoms. The van der Waals surface area contributed by atoms with Gasteiger partial charge in [-0.15, -0.1) is 0 Å². The third-order valence-corrected chi connectivity index (χ3v) is 5.45. The maximum atomic E-state index is 3.85. The van der Waals surface area contributed by atoms with Crippen LogP contribution in [0, 0.1) is 5.41 Å². The second-order valence-electron chi connectivity index (χ2n) is 7.05. The highest BCUT2D eigenvalue weighted by Crippen LogP contribution is 2.41. The maximum Gasteiger partial charge on any atom is 0.0476 e. The highest BCUT2D eigenvalue weighted by atomic mass is 15.0. The van der Waals surface area contributed by atoms with Crippen molar-refractivity contribution in [2.45, 2.75) is 51.5 Å². The van der Waals surface area contributed by atoms with Crippen molar-refractivity contribution in [3.63, 3.8) is 0 Å². The SMILES string of the molecule is CC1(CNC2CCCc3c2[nH]c2ccccc32)CCC1. The van der Waals surface area contributed by atoms with E-state index in [1.807, 2.05) is 0 Å². The summed E-state index contributed by atoms with van der Waals surface area (Å²) in [6.45, 7) is 3.60. The van der Waals surface area contributed by atoms with Crippen molar-refractivity contribution < 1.29 is 0 Å². The van der Waals surface area contributed by atoms with Gasteiger partial charge in [0, 0.05) is 29.2 Å². The molecular formula is C18H24N2. The Labute approximate surface area is 121 Å². The first kappa shape index (κ1) is 12.5. The van der Waals surface area contributed by atoms with Gasteiger partial charge < -0.3 is 10.3 Å². The first-order chi connectivity index (χ1) is 9.75. The van der Waals surface area contributed by atoms with Crippen molar-refractivity contribution in [3.8, 4) is 0 Å². The summed E-state index contributed by atoms with van der Waals surface area (Å²) in [5, 5.41) is 5.28. The zero-order chi connectivity index (χ0) is 13.6. The third kappa shape index (κ3) is 1.98. The molecule has 2 heteroatoms. The van der Waals surface area contributed by atoms with Crippen LogP contribution in [-0.4, -0.2) is 11.5 Å². The average molecular weight is 268 g/mol. The molecule has 0 saturated heterocycles. The molecule has 1 atom stereocenters. The highest BCUT2D eigenvalue weighted by Gasteiger charge is 2.33. The Morgan fingerprint density at radius 1 is 1.25 bits per heavy atom. The Balaban J connectivity index is 1.61. The molecule has 0 bridgehead atoms. The van der Waals surface area contributed by atoms with Crippen molar-refractivity contribution in [3.05, 3.63) is 35.5 Å². The van der Waals surface area contributed by atoms with Gasteiger partial charge in [0.15, 0.2) is 0 Å². The van der Waals surface area contributed by atoms with Crippen LogP contribution in [0.25, 0.3) is 10.9 Å². The van der Waals surface area contributed by atoms with Gasteiger partial charge in [0.05, 0.1) is 0 Å². The Kier molecular flexibility index (Phi) is 2.88. The Morgan fingerprint density at radius 2 is 2.10 bits per heavy atom. The van der Waals surface area contributed by atoms with Crippen molar-refractivity contribution in [1.29, 1.82) is 0 Å². The fourth-order valence-electron chi connectivity index (χ4n) is 3.95. The molecule has 2 N–H and O–H groups in total. The van der Waals surface area contributed by atoms with E-state index in [1.165, 1.54) is 61.7 Å². The lowest BCUT2D eigenvalue weighted by Crippen LogP contribution is -2.39. The topological polar surface area (TPSA) is 27.8 Å². The molecule has 0 radical (unpaired) electrons. The number of H-pyrrole nitrogens is 1. The van der Waals surface area contributed by atoms with Crippen molar-refractivity contribution in [1.82, 2.24) is 10.3 Å². The van der Waals surface area contributed by atoms with Gasteiger partial charge in [0.2, 0.25) is 0 Å². The minimum absolute atomic E-state index is 0.531. The van der Waals surface area contributed by atoms with E-state index >= 15 is 0 Å². The van der Waals surface area contributed by atoms with Crippen LogP contribution in [0.3, 0.4) is 0 Å². The van der Waals surface area contributed by atoms with Gasteiger partial charge in [-0.3, -0.25) is 0 Å². The number of nitrogens with one attached hydrogen (secondary N) is 2. The minimum atomic E-state index is 0.531. The molecule has 1 unspecified atom stereocenters. The molecule has 1 fully saturated rings. The number of fused-ring (bicyclic) bond motifs is 3. The average Bonchev–Trinajstić information content (AvgIpc) is 2.82. The molecule has 2 aliphatic carbocycles. The molecule has 1 heterocycles. The molecule has 0 amide bonds. The largest absolute Gasteiger partial charge is 0.357 e. The number of rotatable bonds is 3. The number of benzene rings is 1. The number of aromatic amines is 1. The maximum absolute atomic E-state index is 3.85. The van der Waals surface area contributed by atoms with E-state index in [1.54, 1.807) is 5.56 Å². The summed E-state index contributed by atoms with van der Waals surface area (Å²) in [5.41, 5.74) is 4.88. The second-order valence-corrected chi connectivity index (χ2v) is 7.05. The van der Waals surface area contributed by atoms with Gasteiger partial charge in [-0.1, -0.05) is 31.5 Å². The molecular weight excluding hydrogens is 244 g/mol. The number of para-hydroxylation sites is 1. The summed E-state index contributed by atoms with van der Waals surface area (Å²) >= 11 is 0. The van der Waals surface area contributed by atoms with Gasteiger partial charge >= 0.3 is 0 Å². The third-order valence-electron chi connectivity index (χ3n) is 5.45. The van der Waals surface area contributed by atoms with Gasteiger partial charge in [-0.25, -0.2) is 0 Å². The van der Waals surface area contributed by atoms with E-state index in [9.17, 15) is 0 Å². The van der Waals surface area contributed by atoms with Crippen molar-refractivity contribution >= 4 is 10.9 Å². The fourth-order valence-corrected chi connectivity index (χ4v) is 3.95. The number of hydrogen-bond acceptors (Lipinski definition) is 1. The Morgan fingerprint density at radius 3 is 2.90 bits per heavy atom. The molecule has 2 aliphatic rings. The molecule has 1 aromatic carbocycles. The van der Waals surface area contributed by atoms with E-state index in [0.717, 1.165) is 0 Å². The van der Waals surface area contributed by atoms with Crippen LogP contribution < -0.4 is 5.32 Å². The fraction of sp³-hybridized carbons (Fsp3) is 0.556. The molecule has 2 nitrogen and oxygen atoms in total. The zero-order valence-electron chi connectivity index (χ0n) is 12.3. The van der Waals surface area contributed by atoms with E-state index in [2.05, 4.69) is 41.5 Å². The standard InChI is InChI=1S/C18H24N2/c1-18(10-5-11-18)12-19-16-9-4-7-14-13-6-2-3-8-15(13)20-17(14)16/h2-3,6,8,16,19-20H,4-5,7,9-12H2,1H3. The summed E-state index contributed by atoms with van der Waals surface area (Å²) in [5.74, 6) is 0. The van der Waals surface area contributed by atoms with Crippen molar-refractivity contribution in [2.24, 2.45) is 5.41 Å². The Bertz CT molecular complexity index is 621. The minimum Gasteiger partial charge on any atom is -0.357 e. The van der Waals surface area contributed by atoms with Crippen LogP contribution >= 0.6 is 0 Å². The van der Waals surface area contributed by atoms with Gasteiger partial charge in [-0.2, -0.15) is 0 Å². The number of aryl methyl sites for hydroxylation is 1. The highest BCUT2D eigenvalue weighted by molar-refractivity contribution is 5.85. The summed E-state index contributed by atoms with van der Waals surface area (Å²) in [6.07, 6.45) is 8.02. The molecule has 2 aromatic rings. The number of hydrogen-bond donors (Lipinski definition) is 2. The second kappa shape index (κ2) is 4.63. The van der Waals surface area contributed by atoms with Gasteiger partial charge in [-0.05, 0) is 49.1 Å². The molecule has 1 saturated carbocycles. The summed E-state index contributed by atoms with van der Waals surface area (Å²) in [6, 6.07) is 9.28. The molecule has 4 rings (SSSR count).